The maximum absolute atomic E-state index is 11.6. The van der Waals surface area contributed by atoms with Crippen molar-refractivity contribution in [3.63, 3.8) is 0 Å². The van der Waals surface area contributed by atoms with Crippen molar-refractivity contribution in [3.8, 4) is 0 Å². The molecule has 0 unspecified atom stereocenters. The number of ether oxygens (including phenoxy) is 1. The fraction of sp³-hybridized carbons (Fsp3) is 0.250. The summed E-state index contributed by atoms with van der Waals surface area (Å²) in [5.74, 6) is 0.140. The van der Waals surface area contributed by atoms with Gasteiger partial charge in [-0.2, -0.15) is 0 Å². The van der Waals surface area contributed by atoms with Gasteiger partial charge in [0.1, 0.15) is 6.10 Å². The Bertz CT molecular complexity index is 343. The lowest BCUT2D eigenvalue weighted by molar-refractivity contribution is -0.122. The number of rotatable bonds is 2. The molecule has 1 aromatic rings. The molecule has 2 heteroatoms. The van der Waals surface area contributed by atoms with Crippen molar-refractivity contribution in [1.29, 1.82) is 0 Å². The molecule has 0 aromatic heterocycles. The standard InChI is InChI=1S/C12H12O2/c1-2-10-8-11(13)12(14-10)9-6-4-3-5-7-9/h2-7,10,12H,1,8H2/t10-,12+/m1/s1. The van der Waals surface area contributed by atoms with Gasteiger partial charge in [0, 0.05) is 6.42 Å². The van der Waals surface area contributed by atoms with Gasteiger partial charge in [0.05, 0.1) is 6.10 Å². The zero-order valence-corrected chi connectivity index (χ0v) is 7.85. The molecule has 1 aliphatic rings. The minimum absolute atomic E-state index is 0.118. The highest BCUT2D eigenvalue weighted by Gasteiger charge is 2.32. The average Bonchev–Trinajstić information content (AvgIpc) is 2.61. The lowest BCUT2D eigenvalue weighted by Crippen LogP contribution is -2.05. The molecule has 1 heterocycles. The number of hydrogen-bond donors (Lipinski definition) is 0. The van der Waals surface area contributed by atoms with Crippen LogP contribution in [0.4, 0.5) is 0 Å². The second kappa shape index (κ2) is 3.76. The monoisotopic (exact) mass is 188 g/mol. The molecule has 0 saturated carbocycles. The van der Waals surface area contributed by atoms with Crippen molar-refractivity contribution in [2.75, 3.05) is 0 Å². The molecule has 2 nitrogen and oxygen atoms in total. The quantitative estimate of drug-likeness (QED) is 0.665. The molecule has 0 bridgehead atoms. The summed E-state index contributed by atoms with van der Waals surface area (Å²) in [7, 11) is 0. The van der Waals surface area contributed by atoms with Crippen LogP contribution in [0.25, 0.3) is 0 Å². The summed E-state index contributed by atoms with van der Waals surface area (Å²) in [5.41, 5.74) is 0.932. The molecule has 2 rings (SSSR count). The Labute approximate surface area is 83.2 Å². The Morgan fingerprint density at radius 2 is 2.07 bits per heavy atom. The van der Waals surface area contributed by atoms with Crippen LogP contribution in [0, 0.1) is 0 Å². The minimum atomic E-state index is -0.390. The summed E-state index contributed by atoms with van der Waals surface area (Å²) in [6.45, 7) is 3.63. The predicted octanol–water partition coefficient (Wildman–Crippen LogP) is 2.27. The molecule has 1 saturated heterocycles. The number of ketones is 1. The van der Waals surface area contributed by atoms with Gasteiger partial charge in [0.25, 0.3) is 0 Å². The number of Topliss-reactive ketones (excluding diaryl/α,β-unsaturated/α-hetero) is 1. The van der Waals surface area contributed by atoms with E-state index in [0.717, 1.165) is 5.56 Å². The Morgan fingerprint density at radius 1 is 1.36 bits per heavy atom. The molecule has 0 aliphatic carbocycles. The minimum Gasteiger partial charge on any atom is -0.358 e. The molecule has 2 atom stereocenters. The molecule has 72 valence electrons. The van der Waals surface area contributed by atoms with Gasteiger partial charge in [0.2, 0.25) is 0 Å². The molecule has 14 heavy (non-hydrogen) atoms. The second-order valence-electron chi connectivity index (χ2n) is 3.37. The zero-order chi connectivity index (χ0) is 9.97. The first-order valence-electron chi connectivity index (χ1n) is 4.67. The van der Waals surface area contributed by atoms with Gasteiger partial charge in [-0.05, 0) is 5.56 Å². The second-order valence-corrected chi connectivity index (χ2v) is 3.37. The number of carbonyl (C=O) groups excluding carboxylic acids is 1. The summed E-state index contributed by atoms with van der Waals surface area (Å²) in [5, 5.41) is 0. The number of carbonyl (C=O) groups is 1. The molecule has 0 radical (unpaired) electrons. The fourth-order valence-electron chi connectivity index (χ4n) is 1.64. The topological polar surface area (TPSA) is 26.3 Å². The van der Waals surface area contributed by atoms with E-state index in [1.165, 1.54) is 0 Å². The fourth-order valence-corrected chi connectivity index (χ4v) is 1.64. The van der Waals surface area contributed by atoms with Gasteiger partial charge in [-0.15, -0.1) is 6.58 Å². The van der Waals surface area contributed by atoms with Gasteiger partial charge in [-0.1, -0.05) is 36.4 Å². The van der Waals surface area contributed by atoms with E-state index < -0.39 is 0 Å². The van der Waals surface area contributed by atoms with Crippen molar-refractivity contribution < 1.29 is 9.53 Å². The lowest BCUT2D eigenvalue weighted by atomic mass is 10.1. The molecule has 0 spiro atoms. The predicted molar refractivity (Wildman–Crippen MR) is 53.9 cm³/mol. The van der Waals surface area contributed by atoms with Gasteiger partial charge < -0.3 is 4.74 Å². The third-order valence-corrected chi connectivity index (χ3v) is 2.37. The van der Waals surface area contributed by atoms with Crippen molar-refractivity contribution >= 4 is 5.78 Å². The van der Waals surface area contributed by atoms with E-state index >= 15 is 0 Å². The summed E-state index contributed by atoms with van der Waals surface area (Å²) in [6, 6.07) is 9.57. The van der Waals surface area contributed by atoms with Crippen LogP contribution in [0.2, 0.25) is 0 Å². The maximum Gasteiger partial charge on any atom is 0.169 e. The Kier molecular flexibility index (Phi) is 2.46. The Morgan fingerprint density at radius 3 is 2.64 bits per heavy atom. The van der Waals surface area contributed by atoms with E-state index in [4.69, 9.17) is 4.74 Å². The van der Waals surface area contributed by atoms with E-state index in [1.54, 1.807) is 6.08 Å². The van der Waals surface area contributed by atoms with Crippen LogP contribution in [0.5, 0.6) is 0 Å². The molecule has 1 fully saturated rings. The first-order chi connectivity index (χ1) is 6.81. The average molecular weight is 188 g/mol. The third-order valence-electron chi connectivity index (χ3n) is 2.37. The highest BCUT2D eigenvalue weighted by atomic mass is 16.5. The van der Waals surface area contributed by atoms with Gasteiger partial charge in [0.15, 0.2) is 5.78 Å². The van der Waals surface area contributed by atoms with Crippen LogP contribution < -0.4 is 0 Å². The Balaban J connectivity index is 2.21. The molecule has 0 N–H and O–H groups in total. The van der Waals surface area contributed by atoms with Crippen molar-refractivity contribution in [1.82, 2.24) is 0 Å². The van der Waals surface area contributed by atoms with Crippen molar-refractivity contribution in [3.05, 3.63) is 48.6 Å². The Hall–Kier alpha value is -1.41. The molecule has 1 aromatic carbocycles. The highest BCUT2D eigenvalue weighted by Crippen LogP contribution is 2.29. The summed E-state index contributed by atoms with van der Waals surface area (Å²) >= 11 is 0. The molecular formula is C12H12O2. The first-order valence-corrected chi connectivity index (χ1v) is 4.67. The molecule has 0 amide bonds. The van der Waals surface area contributed by atoms with Gasteiger partial charge in [-0.25, -0.2) is 0 Å². The largest absolute Gasteiger partial charge is 0.358 e. The third kappa shape index (κ3) is 1.61. The highest BCUT2D eigenvalue weighted by molar-refractivity contribution is 5.86. The lowest BCUT2D eigenvalue weighted by Gasteiger charge is -2.09. The maximum atomic E-state index is 11.6. The van der Waals surface area contributed by atoms with Crippen LogP contribution in [-0.2, 0) is 9.53 Å². The summed E-state index contributed by atoms with van der Waals surface area (Å²) < 4.78 is 5.54. The van der Waals surface area contributed by atoms with Crippen LogP contribution in [0.3, 0.4) is 0 Å². The van der Waals surface area contributed by atoms with Crippen LogP contribution >= 0.6 is 0 Å². The van der Waals surface area contributed by atoms with Gasteiger partial charge in [-0.3, -0.25) is 4.79 Å². The molecular weight excluding hydrogens is 176 g/mol. The van der Waals surface area contributed by atoms with Crippen LogP contribution in [-0.4, -0.2) is 11.9 Å². The smallest absolute Gasteiger partial charge is 0.169 e. The summed E-state index contributed by atoms with van der Waals surface area (Å²) in [6.07, 6.45) is 1.62. The van der Waals surface area contributed by atoms with Crippen molar-refractivity contribution in [2.45, 2.75) is 18.6 Å². The zero-order valence-electron chi connectivity index (χ0n) is 7.85. The van der Waals surface area contributed by atoms with Gasteiger partial charge >= 0.3 is 0 Å². The number of benzene rings is 1. The van der Waals surface area contributed by atoms with E-state index in [2.05, 4.69) is 6.58 Å². The van der Waals surface area contributed by atoms with E-state index in [1.807, 2.05) is 30.3 Å². The normalized spacial score (nSPS) is 26.4. The van der Waals surface area contributed by atoms with E-state index in [9.17, 15) is 4.79 Å². The summed E-state index contributed by atoms with van der Waals surface area (Å²) in [4.78, 5) is 11.6. The molecule has 1 aliphatic heterocycles. The van der Waals surface area contributed by atoms with E-state index in [0.29, 0.717) is 6.42 Å². The number of hydrogen-bond acceptors (Lipinski definition) is 2. The first kappa shape index (κ1) is 9.16. The SMILES string of the molecule is C=C[C@@H]1CC(=O)[C@H](c2ccccc2)O1. The van der Waals surface area contributed by atoms with E-state index in [-0.39, 0.29) is 18.0 Å². The van der Waals surface area contributed by atoms with Crippen LogP contribution in [0.15, 0.2) is 43.0 Å². The van der Waals surface area contributed by atoms with Crippen LogP contribution in [0.1, 0.15) is 18.1 Å². The van der Waals surface area contributed by atoms with Crippen molar-refractivity contribution in [2.24, 2.45) is 0 Å².